The van der Waals surface area contributed by atoms with Gasteiger partial charge in [-0.25, -0.2) is 0 Å². The van der Waals surface area contributed by atoms with Crippen LogP contribution >= 0.6 is 7.37 Å². The Morgan fingerprint density at radius 1 is 0.788 bits per heavy atom. The van der Waals surface area contributed by atoms with Crippen molar-refractivity contribution in [3.05, 3.63) is 125 Å². The highest BCUT2D eigenvalue weighted by Crippen LogP contribution is 2.45. The number of nitro groups is 1. The Hall–Kier alpha value is -4.22. The van der Waals surface area contributed by atoms with Crippen LogP contribution in [0.5, 0.6) is 5.75 Å². The van der Waals surface area contributed by atoms with Crippen LogP contribution in [0, 0.1) is 10.1 Å². The molecule has 0 aliphatic carbocycles. The first-order valence-electron chi connectivity index (χ1n) is 10.1. The Balaban J connectivity index is 1.61. The van der Waals surface area contributed by atoms with E-state index < -0.39 is 12.3 Å². The molecule has 0 bridgehead atoms. The van der Waals surface area contributed by atoms with Gasteiger partial charge in [-0.15, -0.1) is 0 Å². The summed E-state index contributed by atoms with van der Waals surface area (Å²) in [5, 5.41) is 16.2. The second kappa shape index (κ2) is 9.94. The fourth-order valence-electron chi connectivity index (χ4n) is 3.15. The third-order valence-electron chi connectivity index (χ3n) is 4.81. The second-order valence-electron chi connectivity index (χ2n) is 7.03. The lowest BCUT2D eigenvalue weighted by Crippen LogP contribution is -2.20. The molecular formula is C25H20N3O4P. The van der Waals surface area contributed by atoms with Gasteiger partial charge in [-0.2, -0.15) is 5.10 Å². The standard InChI is InChI=1S/C25H20N3O4P/c29-28(30)22-17-15-21(16-18-22)27-26-19-20-9-7-8-14-25(20)32-33(31,23-10-3-1-4-11-23)24-12-5-2-6-13-24/h1-19,27H. The fraction of sp³-hybridized carbons (Fsp3) is 0. The van der Waals surface area contributed by atoms with Crippen LogP contribution in [0.2, 0.25) is 0 Å². The molecule has 0 spiro atoms. The summed E-state index contributed by atoms with van der Waals surface area (Å²) in [5.74, 6) is 0.419. The van der Waals surface area contributed by atoms with Crippen molar-refractivity contribution in [2.24, 2.45) is 5.10 Å². The van der Waals surface area contributed by atoms with Gasteiger partial charge in [0.1, 0.15) is 5.75 Å². The highest BCUT2D eigenvalue weighted by atomic mass is 31.2. The van der Waals surface area contributed by atoms with Crippen molar-refractivity contribution in [3.63, 3.8) is 0 Å². The molecule has 0 aliphatic heterocycles. The van der Waals surface area contributed by atoms with Gasteiger partial charge in [0.15, 0.2) is 0 Å². The lowest BCUT2D eigenvalue weighted by Gasteiger charge is -2.21. The van der Waals surface area contributed by atoms with Gasteiger partial charge >= 0.3 is 7.37 Å². The van der Waals surface area contributed by atoms with Crippen molar-refractivity contribution < 1.29 is 14.0 Å². The quantitative estimate of drug-likeness (QED) is 0.167. The second-order valence-corrected chi connectivity index (χ2v) is 9.34. The molecule has 0 radical (unpaired) electrons. The molecule has 4 aromatic carbocycles. The Labute approximate surface area is 191 Å². The molecule has 7 nitrogen and oxygen atoms in total. The first-order chi connectivity index (χ1) is 16.1. The maximum atomic E-state index is 14.2. The van der Waals surface area contributed by atoms with E-state index in [-0.39, 0.29) is 5.69 Å². The van der Waals surface area contributed by atoms with Crippen LogP contribution in [0.15, 0.2) is 114 Å². The number of hydrazone groups is 1. The zero-order valence-corrected chi connectivity index (χ0v) is 18.3. The van der Waals surface area contributed by atoms with Crippen molar-refractivity contribution in [3.8, 4) is 5.75 Å². The molecule has 1 N–H and O–H groups in total. The number of nitrogens with zero attached hydrogens (tertiary/aromatic N) is 2. The molecule has 8 heteroatoms. The summed E-state index contributed by atoms with van der Waals surface area (Å²) in [7, 11) is -3.42. The van der Waals surface area contributed by atoms with Crippen LogP contribution in [0.25, 0.3) is 0 Å². The summed E-state index contributed by atoms with van der Waals surface area (Å²) >= 11 is 0. The van der Waals surface area contributed by atoms with E-state index in [0.29, 0.717) is 27.6 Å². The monoisotopic (exact) mass is 457 g/mol. The van der Waals surface area contributed by atoms with Gasteiger partial charge in [-0.1, -0.05) is 48.5 Å². The van der Waals surface area contributed by atoms with Crippen molar-refractivity contribution in [1.29, 1.82) is 0 Å². The third-order valence-corrected chi connectivity index (χ3v) is 7.22. The Morgan fingerprint density at radius 3 is 1.91 bits per heavy atom. The molecule has 0 aliphatic rings. The zero-order valence-electron chi connectivity index (χ0n) is 17.4. The summed E-state index contributed by atoms with van der Waals surface area (Å²) < 4.78 is 20.4. The van der Waals surface area contributed by atoms with E-state index in [9.17, 15) is 14.7 Å². The minimum Gasteiger partial charge on any atom is -0.436 e. The predicted octanol–water partition coefficient (Wildman–Crippen LogP) is 5.35. The van der Waals surface area contributed by atoms with Crippen molar-refractivity contribution in [2.75, 3.05) is 5.43 Å². The lowest BCUT2D eigenvalue weighted by molar-refractivity contribution is -0.384. The van der Waals surface area contributed by atoms with Crippen LogP contribution in [0.4, 0.5) is 11.4 Å². The third kappa shape index (κ3) is 5.17. The number of hydrogen-bond donors (Lipinski definition) is 1. The highest BCUT2D eigenvalue weighted by molar-refractivity contribution is 7.74. The van der Waals surface area contributed by atoms with Crippen LogP contribution in [0.1, 0.15) is 5.56 Å². The predicted molar refractivity (Wildman–Crippen MR) is 131 cm³/mol. The average molecular weight is 457 g/mol. The minimum atomic E-state index is -3.42. The molecule has 164 valence electrons. The molecule has 0 saturated carbocycles. The summed E-state index contributed by atoms with van der Waals surface area (Å²) in [6.45, 7) is 0. The highest BCUT2D eigenvalue weighted by Gasteiger charge is 2.30. The summed E-state index contributed by atoms with van der Waals surface area (Å²) in [4.78, 5) is 10.3. The molecule has 0 fully saturated rings. The normalized spacial score (nSPS) is 11.3. The molecule has 0 saturated heterocycles. The molecule has 0 amide bonds. The van der Waals surface area contributed by atoms with Crippen molar-refractivity contribution in [1.82, 2.24) is 0 Å². The molecular weight excluding hydrogens is 437 g/mol. The maximum Gasteiger partial charge on any atom is 0.306 e. The van der Waals surface area contributed by atoms with Gasteiger partial charge < -0.3 is 4.52 Å². The summed E-state index contributed by atoms with van der Waals surface area (Å²) in [5.41, 5.74) is 4.05. The Morgan fingerprint density at radius 2 is 1.33 bits per heavy atom. The molecule has 0 aromatic heterocycles. The number of hydrogen-bond acceptors (Lipinski definition) is 6. The van der Waals surface area contributed by atoms with Crippen LogP contribution in [-0.4, -0.2) is 11.1 Å². The smallest absolute Gasteiger partial charge is 0.306 e. The Kier molecular flexibility index (Phi) is 6.62. The summed E-state index contributed by atoms with van der Waals surface area (Å²) in [6, 6.07) is 31.3. The molecule has 0 heterocycles. The molecule has 33 heavy (non-hydrogen) atoms. The number of rotatable bonds is 8. The number of non-ortho nitro benzene ring substituents is 1. The van der Waals surface area contributed by atoms with Crippen molar-refractivity contribution >= 4 is 35.6 Å². The van der Waals surface area contributed by atoms with E-state index in [1.165, 1.54) is 12.1 Å². The van der Waals surface area contributed by atoms with E-state index in [1.54, 1.807) is 60.8 Å². The van der Waals surface area contributed by atoms with Crippen LogP contribution in [-0.2, 0) is 4.57 Å². The number of nitro benzene ring substituents is 1. The first kappa shape index (κ1) is 22.0. The SMILES string of the molecule is O=[N+]([O-])c1ccc(NN=Cc2ccccc2OP(=O)(c2ccccc2)c2ccccc2)cc1. The van der Waals surface area contributed by atoms with Gasteiger partial charge in [-0.3, -0.25) is 20.1 Å². The minimum absolute atomic E-state index is 0.000789. The Bertz CT molecular complexity index is 1270. The maximum absolute atomic E-state index is 14.2. The van der Waals surface area contributed by atoms with Crippen LogP contribution < -0.4 is 20.6 Å². The first-order valence-corrected chi connectivity index (χ1v) is 11.7. The van der Waals surface area contributed by atoms with Gasteiger partial charge in [0, 0.05) is 17.7 Å². The van der Waals surface area contributed by atoms with Gasteiger partial charge in [0.2, 0.25) is 0 Å². The lowest BCUT2D eigenvalue weighted by atomic mass is 10.2. The van der Waals surface area contributed by atoms with Crippen molar-refractivity contribution in [2.45, 2.75) is 0 Å². The number of anilines is 1. The molecule has 0 atom stereocenters. The number of para-hydroxylation sites is 1. The van der Waals surface area contributed by atoms with E-state index >= 15 is 0 Å². The van der Waals surface area contributed by atoms with Crippen LogP contribution in [0.3, 0.4) is 0 Å². The fourth-order valence-corrected chi connectivity index (χ4v) is 5.23. The number of benzene rings is 4. The van der Waals surface area contributed by atoms with E-state index in [1.807, 2.05) is 42.5 Å². The number of nitrogens with one attached hydrogen (secondary N) is 1. The van der Waals surface area contributed by atoms with E-state index in [0.717, 1.165) is 0 Å². The zero-order chi connectivity index (χ0) is 23.1. The molecule has 4 rings (SSSR count). The summed E-state index contributed by atoms with van der Waals surface area (Å²) in [6.07, 6.45) is 1.55. The molecule has 0 unspecified atom stereocenters. The van der Waals surface area contributed by atoms with Gasteiger partial charge in [0.25, 0.3) is 5.69 Å². The van der Waals surface area contributed by atoms with Gasteiger partial charge in [0.05, 0.1) is 27.4 Å². The van der Waals surface area contributed by atoms with E-state index in [2.05, 4.69) is 10.5 Å². The topological polar surface area (TPSA) is 93.8 Å². The van der Waals surface area contributed by atoms with Gasteiger partial charge in [-0.05, 0) is 48.5 Å². The van der Waals surface area contributed by atoms with E-state index in [4.69, 9.17) is 4.52 Å². The largest absolute Gasteiger partial charge is 0.436 e. The average Bonchev–Trinajstić information content (AvgIpc) is 2.86. The molecule has 4 aromatic rings.